The van der Waals surface area contributed by atoms with E-state index < -0.39 is 45.5 Å². The van der Waals surface area contributed by atoms with Gasteiger partial charge in [0.25, 0.3) is 5.91 Å². The molecule has 0 aliphatic carbocycles. The van der Waals surface area contributed by atoms with Gasteiger partial charge in [0.05, 0.1) is 23.5 Å². The number of fused-ring (bicyclic) bond motifs is 2. The smallest absolute Gasteiger partial charge is 0.256 e. The van der Waals surface area contributed by atoms with Gasteiger partial charge < -0.3 is 9.84 Å². The molecule has 2 N–H and O–H groups in total. The first-order valence-corrected chi connectivity index (χ1v) is 11.9. The van der Waals surface area contributed by atoms with E-state index in [1.165, 1.54) is 19.9 Å². The molecule has 5 rings (SSSR count). The van der Waals surface area contributed by atoms with Crippen molar-refractivity contribution in [2.24, 2.45) is 0 Å². The number of hydrogen-bond acceptors (Lipinski definition) is 6. The number of amides is 1. The van der Waals surface area contributed by atoms with Gasteiger partial charge in [-0.15, -0.1) is 11.8 Å². The molecule has 0 saturated heterocycles. The second-order valence-corrected chi connectivity index (χ2v) is 10.00. The Bertz CT molecular complexity index is 1350. The fraction of sp³-hybridized carbons (Fsp3) is 0.240. The highest BCUT2D eigenvalue weighted by molar-refractivity contribution is 8.05. The van der Waals surface area contributed by atoms with Crippen LogP contribution in [0.25, 0.3) is 5.70 Å². The van der Waals surface area contributed by atoms with Crippen LogP contribution in [-0.2, 0) is 4.79 Å². The summed E-state index contributed by atoms with van der Waals surface area (Å²) < 4.78 is 63.2. The minimum atomic E-state index is -1.53. The number of ether oxygens (including phenoxy) is 1. The predicted molar refractivity (Wildman–Crippen MR) is 127 cm³/mol. The lowest BCUT2D eigenvalue weighted by Gasteiger charge is -2.33. The zero-order valence-corrected chi connectivity index (χ0v) is 20.0. The number of nitrogens with zero attached hydrogens (tertiary/aromatic N) is 2. The monoisotopic (exact) mass is 519 g/mol. The third kappa shape index (κ3) is 4.11. The number of rotatable bonds is 4. The second kappa shape index (κ2) is 8.90. The average Bonchev–Trinajstić information content (AvgIpc) is 3.22. The minimum Gasteiger partial charge on any atom is -0.489 e. The molecule has 36 heavy (non-hydrogen) atoms. The van der Waals surface area contributed by atoms with Gasteiger partial charge in [0.2, 0.25) is 0 Å². The molecule has 6 nitrogen and oxygen atoms in total. The lowest BCUT2D eigenvalue weighted by Crippen LogP contribution is -2.50. The topological polar surface area (TPSA) is 65.0 Å². The normalized spacial score (nSPS) is 19.4. The van der Waals surface area contributed by atoms with Gasteiger partial charge in [-0.05, 0) is 49.3 Å². The molecular formula is C25H21F4N3O3S. The van der Waals surface area contributed by atoms with Crippen molar-refractivity contribution in [1.82, 2.24) is 10.5 Å². The minimum absolute atomic E-state index is 0.0453. The van der Waals surface area contributed by atoms with Gasteiger partial charge in [-0.3, -0.25) is 15.2 Å². The number of hydrazine groups is 1. The highest BCUT2D eigenvalue weighted by atomic mass is 32.2. The molecule has 188 valence electrons. The third-order valence-corrected chi connectivity index (χ3v) is 7.29. The molecule has 0 fully saturated rings. The average molecular weight is 520 g/mol. The van der Waals surface area contributed by atoms with Crippen LogP contribution in [0.1, 0.15) is 19.4 Å². The van der Waals surface area contributed by atoms with Crippen LogP contribution in [0.3, 0.4) is 0 Å². The molecular weight excluding hydrogens is 498 g/mol. The molecule has 1 amide bonds. The van der Waals surface area contributed by atoms with E-state index in [4.69, 9.17) is 4.74 Å². The first kappa shape index (κ1) is 24.3. The van der Waals surface area contributed by atoms with E-state index in [-0.39, 0.29) is 21.2 Å². The number of carbonyl (C=O) groups is 1. The van der Waals surface area contributed by atoms with Crippen molar-refractivity contribution in [1.29, 1.82) is 0 Å². The maximum Gasteiger partial charge on any atom is 0.256 e. The van der Waals surface area contributed by atoms with Crippen molar-refractivity contribution in [3.8, 4) is 5.75 Å². The fourth-order valence-corrected chi connectivity index (χ4v) is 5.98. The van der Waals surface area contributed by atoms with Crippen molar-refractivity contribution < 1.29 is 32.3 Å². The highest BCUT2D eigenvalue weighted by Gasteiger charge is 2.45. The van der Waals surface area contributed by atoms with Crippen LogP contribution in [0.4, 0.5) is 23.3 Å². The van der Waals surface area contributed by atoms with E-state index in [0.29, 0.717) is 36.7 Å². The third-order valence-electron chi connectivity index (χ3n) is 5.95. The van der Waals surface area contributed by atoms with E-state index in [0.717, 1.165) is 18.0 Å². The molecule has 0 radical (unpaired) electrons. The van der Waals surface area contributed by atoms with E-state index >= 15 is 0 Å². The Balaban J connectivity index is 1.58. The van der Waals surface area contributed by atoms with Crippen LogP contribution in [-0.4, -0.2) is 40.1 Å². The number of allylic oxidation sites excluding steroid dienone is 2. The number of para-hydroxylation sites is 2. The van der Waals surface area contributed by atoms with Crippen LogP contribution in [0, 0.1) is 17.5 Å². The Morgan fingerprint density at radius 3 is 2.72 bits per heavy atom. The SMILES string of the molecule is CC(C)(O)C1=C2C=CN(F)C(c3cc(F)cc(F)c3F)=C2SC1C(=O)NN1CCOc2ccccc21. The standard InChI is InChI=1S/C25H21F4N3O3S/c1-25(2,34)19-14-7-8-31(29)21(15-11-13(26)12-16(27)20(15)28)22(14)36-23(19)24(33)30-32-9-10-35-18-6-4-3-5-17(18)32/h3-8,11-12,23,34H,9-10H2,1-2H3,(H,30,33). The summed E-state index contributed by atoms with van der Waals surface area (Å²) in [6, 6.07) is 8.18. The number of thioether (sulfide) groups is 1. The van der Waals surface area contributed by atoms with E-state index in [2.05, 4.69) is 5.43 Å². The molecule has 0 bridgehead atoms. The van der Waals surface area contributed by atoms with Crippen molar-refractivity contribution in [3.05, 3.63) is 87.7 Å². The number of carbonyl (C=O) groups excluding carboxylic acids is 1. The predicted octanol–water partition coefficient (Wildman–Crippen LogP) is 4.60. The van der Waals surface area contributed by atoms with Crippen LogP contribution >= 0.6 is 11.8 Å². The maximum absolute atomic E-state index is 15.0. The number of aliphatic hydroxyl groups is 1. The summed E-state index contributed by atoms with van der Waals surface area (Å²) in [4.78, 5) is 13.6. The van der Waals surface area contributed by atoms with Gasteiger partial charge in [0.1, 0.15) is 23.4 Å². The summed E-state index contributed by atoms with van der Waals surface area (Å²) in [6.45, 7) is 3.63. The Morgan fingerprint density at radius 2 is 1.97 bits per heavy atom. The molecule has 1 atom stereocenters. The van der Waals surface area contributed by atoms with Crippen molar-refractivity contribution >= 4 is 29.1 Å². The van der Waals surface area contributed by atoms with Crippen LogP contribution in [0.15, 0.2) is 64.7 Å². The Morgan fingerprint density at radius 1 is 1.22 bits per heavy atom. The fourth-order valence-electron chi connectivity index (χ4n) is 4.44. The van der Waals surface area contributed by atoms with Gasteiger partial charge in [0.15, 0.2) is 11.6 Å². The van der Waals surface area contributed by atoms with Gasteiger partial charge in [-0.2, -0.15) is 5.12 Å². The lowest BCUT2D eigenvalue weighted by molar-refractivity contribution is -0.120. The van der Waals surface area contributed by atoms with E-state index in [9.17, 15) is 27.6 Å². The zero-order valence-electron chi connectivity index (χ0n) is 19.2. The summed E-state index contributed by atoms with van der Waals surface area (Å²) in [5.41, 5.74) is 1.37. The molecule has 11 heteroatoms. The van der Waals surface area contributed by atoms with E-state index in [1.54, 1.807) is 29.3 Å². The van der Waals surface area contributed by atoms with Crippen LogP contribution in [0.2, 0.25) is 0 Å². The quantitative estimate of drug-likeness (QED) is 0.350. The Kier molecular flexibility index (Phi) is 6.00. The van der Waals surface area contributed by atoms with Gasteiger partial charge in [-0.25, -0.2) is 13.2 Å². The van der Waals surface area contributed by atoms with Crippen molar-refractivity contribution in [2.75, 3.05) is 18.2 Å². The first-order valence-electron chi connectivity index (χ1n) is 11.0. The van der Waals surface area contributed by atoms with Gasteiger partial charge in [-0.1, -0.05) is 16.6 Å². The molecule has 0 saturated carbocycles. The number of halogens is 4. The number of hydrogen-bond donors (Lipinski definition) is 2. The molecule has 3 aliphatic heterocycles. The summed E-state index contributed by atoms with van der Waals surface area (Å²) >= 11 is 0.866. The number of nitrogens with one attached hydrogen (secondary N) is 1. The summed E-state index contributed by atoms with van der Waals surface area (Å²) in [5, 5.41) is 11.6. The molecule has 3 heterocycles. The van der Waals surface area contributed by atoms with Gasteiger partial charge in [0, 0.05) is 22.7 Å². The summed E-state index contributed by atoms with van der Waals surface area (Å²) in [7, 11) is 0. The molecule has 3 aliphatic rings. The van der Waals surface area contributed by atoms with Crippen molar-refractivity contribution in [3.63, 3.8) is 0 Å². The highest BCUT2D eigenvalue weighted by Crippen LogP contribution is 2.52. The summed E-state index contributed by atoms with van der Waals surface area (Å²) in [5.74, 6) is -3.93. The molecule has 0 spiro atoms. The van der Waals surface area contributed by atoms with Crippen molar-refractivity contribution in [2.45, 2.75) is 24.7 Å². The second-order valence-electron chi connectivity index (χ2n) is 8.88. The van der Waals surface area contributed by atoms with Gasteiger partial charge >= 0.3 is 0 Å². The molecule has 0 aromatic heterocycles. The molecule has 2 aromatic rings. The van der Waals surface area contributed by atoms with Crippen LogP contribution in [0.5, 0.6) is 5.75 Å². The number of anilines is 1. The Labute approximate surface area is 208 Å². The number of benzene rings is 2. The summed E-state index contributed by atoms with van der Waals surface area (Å²) in [6.07, 6.45) is 2.28. The maximum atomic E-state index is 15.0. The largest absolute Gasteiger partial charge is 0.489 e. The first-order chi connectivity index (χ1) is 17.1. The van der Waals surface area contributed by atoms with Crippen LogP contribution < -0.4 is 15.2 Å². The lowest BCUT2D eigenvalue weighted by atomic mass is 9.88. The Hall–Kier alpha value is -3.44. The molecule has 2 aromatic carbocycles. The zero-order chi connectivity index (χ0) is 25.8. The van der Waals surface area contributed by atoms with E-state index in [1.807, 2.05) is 0 Å². The molecule has 1 unspecified atom stereocenters.